The maximum absolute atomic E-state index is 5.91. The fourth-order valence-corrected chi connectivity index (χ4v) is 3.22. The zero-order valence-electron chi connectivity index (χ0n) is 12.1. The molecule has 1 aromatic carbocycles. The first-order chi connectivity index (χ1) is 9.76. The highest BCUT2D eigenvalue weighted by atomic mass is 16.5. The van der Waals surface area contributed by atoms with E-state index in [4.69, 9.17) is 15.3 Å². The molecule has 0 radical (unpaired) electrons. The summed E-state index contributed by atoms with van der Waals surface area (Å²) in [6.45, 7) is 2.95. The van der Waals surface area contributed by atoms with Gasteiger partial charge in [-0.1, -0.05) is 12.1 Å². The molecule has 4 heteroatoms. The summed E-state index contributed by atoms with van der Waals surface area (Å²) < 4.78 is 11.5. The van der Waals surface area contributed by atoms with Gasteiger partial charge < -0.3 is 9.47 Å². The van der Waals surface area contributed by atoms with Crippen molar-refractivity contribution >= 4 is 0 Å². The van der Waals surface area contributed by atoms with Gasteiger partial charge in [0.2, 0.25) is 0 Å². The van der Waals surface area contributed by atoms with Crippen molar-refractivity contribution in [3.63, 3.8) is 0 Å². The Bertz CT molecular complexity index is 464. The van der Waals surface area contributed by atoms with E-state index in [1.807, 2.05) is 0 Å². The van der Waals surface area contributed by atoms with E-state index in [0.29, 0.717) is 6.10 Å². The largest absolute Gasteiger partial charge is 0.493 e. The summed E-state index contributed by atoms with van der Waals surface area (Å²) in [7, 11) is 0. The standard InChI is InChI=1S/C16H24N2O2/c1-11-2-6-16(20-11)14(18-17)5-3-12-4-7-15-13(10-12)8-9-19-15/h4,7,10-11,14,16,18H,2-3,5-6,8-9,17H2,1H3. The van der Waals surface area contributed by atoms with Crippen molar-refractivity contribution in [3.05, 3.63) is 29.3 Å². The van der Waals surface area contributed by atoms with Crippen molar-refractivity contribution in [3.8, 4) is 5.75 Å². The lowest BCUT2D eigenvalue weighted by atomic mass is 9.98. The van der Waals surface area contributed by atoms with E-state index in [1.165, 1.54) is 11.1 Å². The average molecular weight is 276 g/mol. The van der Waals surface area contributed by atoms with Gasteiger partial charge in [0.05, 0.1) is 18.8 Å². The highest BCUT2D eigenvalue weighted by Crippen LogP contribution is 2.27. The molecule has 0 saturated carbocycles. The van der Waals surface area contributed by atoms with Crippen LogP contribution >= 0.6 is 0 Å². The maximum Gasteiger partial charge on any atom is 0.122 e. The molecule has 3 N–H and O–H groups in total. The molecule has 1 fully saturated rings. The van der Waals surface area contributed by atoms with Crippen LogP contribution in [0.5, 0.6) is 5.75 Å². The molecule has 4 nitrogen and oxygen atoms in total. The maximum atomic E-state index is 5.91. The van der Waals surface area contributed by atoms with Crippen LogP contribution in [0, 0.1) is 0 Å². The fraction of sp³-hybridized carbons (Fsp3) is 0.625. The molecule has 3 rings (SSSR count). The van der Waals surface area contributed by atoms with Crippen molar-refractivity contribution in [1.29, 1.82) is 0 Å². The lowest BCUT2D eigenvalue weighted by Crippen LogP contribution is -2.44. The third-order valence-corrected chi connectivity index (χ3v) is 4.43. The summed E-state index contributed by atoms with van der Waals surface area (Å²) >= 11 is 0. The normalized spacial score (nSPS) is 26.3. The molecule has 3 atom stereocenters. The van der Waals surface area contributed by atoms with Gasteiger partial charge in [-0.3, -0.25) is 11.3 Å². The Morgan fingerprint density at radius 3 is 3.05 bits per heavy atom. The molecule has 0 spiro atoms. The fourth-order valence-electron chi connectivity index (χ4n) is 3.22. The molecule has 0 aromatic heterocycles. The Morgan fingerprint density at radius 2 is 2.30 bits per heavy atom. The van der Waals surface area contributed by atoms with Crippen molar-refractivity contribution in [2.75, 3.05) is 6.61 Å². The zero-order chi connectivity index (χ0) is 13.9. The van der Waals surface area contributed by atoms with Crippen molar-refractivity contribution in [2.45, 2.75) is 57.3 Å². The first kappa shape index (κ1) is 13.9. The Hall–Kier alpha value is -1.10. The second kappa shape index (κ2) is 6.12. The van der Waals surface area contributed by atoms with Crippen LogP contribution in [0.1, 0.15) is 37.3 Å². The summed E-state index contributed by atoms with van der Waals surface area (Å²) in [6, 6.07) is 6.77. The summed E-state index contributed by atoms with van der Waals surface area (Å²) in [5, 5.41) is 0. The molecule has 110 valence electrons. The molecule has 2 heterocycles. The molecule has 0 aliphatic carbocycles. The van der Waals surface area contributed by atoms with Gasteiger partial charge in [-0.15, -0.1) is 0 Å². The van der Waals surface area contributed by atoms with E-state index in [1.54, 1.807) is 0 Å². The zero-order valence-corrected chi connectivity index (χ0v) is 12.1. The van der Waals surface area contributed by atoms with E-state index >= 15 is 0 Å². The number of hydrogen-bond acceptors (Lipinski definition) is 4. The lowest BCUT2D eigenvalue weighted by molar-refractivity contribution is 0.0301. The van der Waals surface area contributed by atoms with Crippen molar-refractivity contribution < 1.29 is 9.47 Å². The van der Waals surface area contributed by atoms with Crippen LogP contribution in [-0.2, 0) is 17.6 Å². The van der Waals surface area contributed by atoms with E-state index in [0.717, 1.165) is 44.5 Å². The SMILES string of the molecule is CC1CCC(C(CCc2ccc3c(c2)CCO3)NN)O1. The second-order valence-electron chi connectivity index (χ2n) is 5.91. The molecule has 1 aromatic rings. The number of hydrogen-bond donors (Lipinski definition) is 2. The number of hydrazine groups is 1. The van der Waals surface area contributed by atoms with Gasteiger partial charge in [0, 0.05) is 12.5 Å². The van der Waals surface area contributed by atoms with Crippen LogP contribution in [0.2, 0.25) is 0 Å². The van der Waals surface area contributed by atoms with Crippen LogP contribution in [0.25, 0.3) is 0 Å². The number of fused-ring (bicyclic) bond motifs is 1. The molecule has 2 aliphatic rings. The highest BCUT2D eigenvalue weighted by molar-refractivity contribution is 5.39. The number of rotatable bonds is 5. The Morgan fingerprint density at radius 1 is 1.40 bits per heavy atom. The predicted octanol–water partition coefficient (Wildman–Crippen LogP) is 1.95. The summed E-state index contributed by atoms with van der Waals surface area (Å²) in [6.07, 6.45) is 5.93. The van der Waals surface area contributed by atoms with E-state index in [-0.39, 0.29) is 12.1 Å². The van der Waals surface area contributed by atoms with Crippen LogP contribution in [0.3, 0.4) is 0 Å². The van der Waals surface area contributed by atoms with Gasteiger partial charge in [-0.05, 0) is 49.8 Å². The molecule has 0 amide bonds. The smallest absolute Gasteiger partial charge is 0.122 e. The molecule has 3 unspecified atom stereocenters. The monoisotopic (exact) mass is 276 g/mol. The highest BCUT2D eigenvalue weighted by Gasteiger charge is 2.28. The van der Waals surface area contributed by atoms with Gasteiger partial charge >= 0.3 is 0 Å². The summed E-state index contributed by atoms with van der Waals surface area (Å²) in [4.78, 5) is 0. The van der Waals surface area contributed by atoms with Gasteiger partial charge in [0.15, 0.2) is 0 Å². The van der Waals surface area contributed by atoms with Gasteiger partial charge in [-0.25, -0.2) is 0 Å². The number of nitrogens with one attached hydrogen (secondary N) is 1. The topological polar surface area (TPSA) is 56.5 Å². The Kier molecular flexibility index (Phi) is 4.24. The van der Waals surface area contributed by atoms with Crippen LogP contribution in [0.4, 0.5) is 0 Å². The molecule has 1 saturated heterocycles. The van der Waals surface area contributed by atoms with Gasteiger partial charge in [-0.2, -0.15) is 0 Å². The van der Waals surface area contributed by atoms with Gasteiger partial charge in [0.1, 0.15) is 5.75 Å². The quantitative estimate of drug-likeness (QED) is 0.637. The number of aryl methyl sites for hydroxylation is 1. The third-order valence-electron chi connectivity index (χ3n) is 4.43. The van der Waals surface area contributed by atoms with Crippen LogP contribution < -0.4 is 16.0 Å². The number of nitrogens with two attached hydrogens (primary N) is 1. The summed E-state index contributed by atoms with van der Waals surface area (Å²) in [5.41, 5.74) is 5.64. The molecule has 2 aliphatic heterocycles. The third kappa shape index (κ3) is 2.97. The number of benzene rings is 1. The first-order valence-corrected chi connectivity index (χ1v) is 7.62. The average Bonchev–Trinajstić information content (AvgIpc) is 3.08. The molecular weight excluding hydrogens is 252 g/mol. The number of ether oxygens (including phenoxy) is 2. The second-order valence-corrected chi connectivity index (χ2v) is 5.91. The van der Waals surface area contributed by atoms with Crippen LogP contribution in [-0.4, -0.2) is 24.9 Å². The minimum atomic E-state index is 0.240. The van der Waals surface area contributed by atoms with E-state index in [2.05, 4.69) is 30.5 Å². The molecular formula is C16H24N2O2. The van der Waals surface area contributed by atoms with Gasteiger partial charge in [0.25, 0.3) is 0 Å². The molecule has 0 bridgehead atoms. The minimum absolute atomic E-state index is 0.240. The lowest BCUT2D eigenvalue weighted by Gasteiger charge is -2.22. The van der Waals surface area contributed by atoms with E-state index in [9.17, 15) is 0 Å². The van der Waals surface area contributed by atoms with E-state index < -0.39 is 0 Å². The predicted molar refractivity (Wildman–Crippen MR) is 78.6 cm³/mol. The minimum Gasteiger partial charge on any atom is -0.493 e. The van der Waals surface area contributed by atoms with Crippen molar-refractivity contribution in [2.24, 2.45) is 5.84 Å². The van der Waals surface area contributed by atoms with Crippen molar-refractivity contribution in [1.82, 2.24) is 5.43 Å². The Labute approximate surface area is 120 Å². The first-order valence-electron chi connectivity index (χ1n) is 7.62. The van der Waals surface area contributed by atoms with Crippen LogP contribution in [0.15, 0.2) is 18.2 Å². The summed E-state index contributed by atoms with van der Waals surface area (Å²) in [5.74, 6) is 6.75. The molecule has 20 heavy (non-hydrogen) atoms. The Balaban J connectivity index is 1.57.